The molecule has 1 aromatic rings. The van der Waals surface area contributed by atoms with Gasteiger partial charge < -0.3 is 19.9 Å². The molecule has 0 amide bonds. The van der Waals surface area contributed by atoms with Crippen LogP contribution in [0.2, 0.25) is 0 Å². The molecule has 0 saturated carbocycles. The van der Waals surface area contributed by atoms with Crippen LogP contribution in [0.5, 0.6) is 5.75 Å². The van der Waals surface area contributed by atoms with Crippen molar-refractivity contribution in [3.8, 4) is 5.75 Å². The van der Waals surface area contributed by atoms with E-state index in [-0.39, 0.29) is 6.61 Å². The molecule has 0 bridgehead atoms. The lowest BCUT2D eigenvalue weighted by molar-refractivity contribution is 0.0163. The van der Waals surface area contributed by atoms with Crippen LogP contribution in [0.4, 0.5) is 0 Å². The number of aliphatic hydroxyl groups excluding tert-OH is 1. The number of ether oxygens (including phenoxy) is 2. The summed E-state index contributed by atoms with van der Waals surface area (Å²) >= 11 is 0. The summed E-state index contributed by atoms with van der Waals surface area (Å²) < 4.78 is 11.0. The van der Waals surface area contributed by atoms with Gasteiger partial charge in [0.2, 0.25) is 0 Å². The van der Waals surface area contributed by atoms with Gasteiger partial charge in [-0.15, -0.1) is 0 Å². The van der Waals surface area contributed by atoms with Gasteiger partial charge in [-0.05, 0) is 49.9 Å². The van der Waals surface area contributed by atoms with Crippen molar-refractivity contribution in [1.29, 1.82) is 0 Å². The Morgan fingerprint density at radius 1 is 1.33 bits per heavy atom. The molecule has 0 aliphatic heterocycles. The maximum Gasteiger partial charge on any atom is 0.122 e. The average molecular weight is 293 g/mol. The quantitative estimate of drug-likeness (QED) is 0.734. The molecule has 0 aromatic heterocycles. The molecular formula is C17H27NO3. The lowest BCUT2D eigenvalue weighted by Crippen LogP contribution is -2.23. The molecule has 0 spiro atoms. The van der Waals surface area contributed by atoms with Crippen LogP contribution in [-0.2, 0) is 11.2 Å². The van der Waals surface area contributed by atoms with Crippen LogP contribution in [0.25, 0.3) is 0 Å². The van der Waals surface area contributed by atoms with E-state index in [1.165, 1.54) is 11.1 Å². The number of aliphatic hydroxyl groups is 1. The second kappa shape index (κ2) is 8.37. The second-order valence-corrected chi connectivity index (χ2v) is 5.49. The van der Waals surface area contributed by atoms with Gasteiger partial charge >= 0.3 is 0 Å². The van der Waals surface area contributed by atoms with Crippen molar-refractivity contribution in [1.82, 2.24) is 5.32 Å². The monoisotopic (exact) mass is 293 g/mol. The Kier molecular flexibility index (Phi) is 6.49. The summed E-state index contributed by atoms with van der Waals surface area (Å²) in [4.78, 5) is 0. The number of hydrogen-bond acceptors (Lipinski definition) is 4. The summed E-state index contributed by atoms with van der Waals surface area (Å²) in [6, 6.07) is 6.65. The topological polar surface area (TPSA) is 50.7 Å². The van der Waals surface area contributed by atoms with E-state index in [0.717, 1.165) is 31.6 Å². The highest BCUT2D eigenvalue weighted by Crippen LogP contribution is 2.36. The molecule has 1 aliphatic carbocycles. The van der Waals surface area contributed by atoms with E-state index in [9.17, 15) is 5.11 Å². The fourth-order valence-corrected chi connectivity index (χ4v) is 2.77. The van der Waals surface area contributed by atoms with Crippen LogP contribution in [-0.4, -0.2) is 37.6 Å². The van der Waals surface area contributed by atoms with Crippen molar-refractivity contribution in [3.05, 3.63) is 29.3 Å². The van der Waals surface area contributed by atoms with Crippen molar-refractivity contribution in [2.75, 3.05) is 26.4 Å². The van der Waals surface area contributed by atoms with Gasteiger partial charge in [-0.2, -0.15) is 0 Å². The zero-order valence-corrected chi connectivity index (χ0v) is 13.1. The first kappa shape index (κ1) is 16.3. The summed E-state index contributed by atoms with van der Waals surface area (Å²) in [6.45, 7) is 6.36. The molecule has 4 heteroatoms. The highest BCUT2D eigenvalue weighted by molar-refractivity contribution is 5.45. The van der Waals surface area contributed by atoms with Crippen molar-refractivity contribution in [2.24, 2.45) is 0 Å². The van der Waals surface area contributed by atoms with Gasteiger partial charge in [0.15, 0.2) is 0 Å². The van der Waals surface area contributed by atoms with E-state index >= 15 is 0 Å². The van der Waals surface area contributed by atoms with Crippen LogP contribution >= 0.6 is 0 Å². The lowest BCUT2D eigenvalue weighted by atomic mass is 10.1. The summed E-state index contributed by atoms with van der Waals surface area (Å²) in [5.41, 5.74) is 2.63. The minimum atomic E-state index is -0.573. The van der Waals surface area contributed by atoms with Gasteiger partial charge in [0, 0.05) is 12.6 Å². The van der Waals surface area contributed by atoms with Crippen LogP contribution in [0, 0.1) is 0 Å². The van der Waals surface area contributed by atoms with E-state index in [0.29, 0.717) is 19.3 Å². The molecule has 4 nitrogen and oxygen atoms in total. The number of hydrogen-bond donors (Lipinski definition) is 2. The van der Waals surface area contributed by atoms with E-state index < -0.39 is 6.10 Å². The number of benzene rings is 1. The molecule has 0 heterocycles. The normalized spacial score (nSPS) is 18.5. The van der Waals surface area contributed by atoms with Crippen molar-refractivity contribution in [3.63, 3.8) is 0 Å². The highest BCUT2D eigenvalue weighted by Gasteiger charge is 2.24. The largest absolute Gasteiger partial charge is 0.491 e. The minimum absolute atomic E-state index is 0.281. The fraction of sp³-hybridized carbons (Fsp3) is 0.647. The summed E-state index contributed by atoms with van der Waals surface area (Å²) in [6.07, 6.45) is 2.73. The molecule has 0 saturated heterocycles. The van der Waals surface area contributed by atoms with Gasteiger partial charge in [0.25, 0.3) is 0 Å². The predicted molar refractivity (Wildman–Crippen MR) is 83.8 cm³/mol. The molecule has 2 rings (SSSR count). The Labute approximate surface area is 127 Å². The number of fused-ring (bicyclic) bond motifs is 1. The van der Waals surface area contributed by atoms with Gasteiger partial charge in [-0.3, -0.25) is 0 Å². The van der Waals surface area contributed by atoms with Crippen molar-refractivity contribution < 1.29 is 14.6 Å². The Balaban J connectivity index is 1.94. The molecule has 1 aromatic carbocycles. The van der Waals surface area contributed by atoms with E-state index in [4.69, 9.17) is 9.47 Å². The zero-order chi connectivity index (χ0) is 15.1. The first-order valence-electron chi connectivity index (χ1n) is 8.00. The molecule has 2 unspecified atom stereocenters. The molecule has 2 N–H and O–H groups in total. The predicted octanol–water partition coefficient (Wildman–Crippen LogP) is 2.45. The first-order valence-corrected chi connectivity index (χ1v) is 8.00. The Morgan fingerprint density at radius 3 is 2.95 bits per heavy atom. The summed E-state index contributed by atoms with van der Waals surface area (Å²) in [5, 5.41) is 13.4. The fourth-order valence-electron chi connectivity index (χ4n) is 2.77. The van der Waals surface area contributed by atoms with E-state index in [2.05, 4.69) is 18.3 Å². The molecule has 118 valence electrons. The second-order valence-electron chi connectivity index (χ2n) is 5.49. The third-order valence-corrected chi connectivity index (χ3v) is 3.81. The molecule has 0 radical (unpaired) electrons. The number of rotatable bonds is 9. The minimum Gasteiger partial charge on any atom is -0.491 e. The third-order valence-electron chi connectivity index (χ3n) is 3.81. The number of nitrogens with one attached hydrogen (secondary N) is 1. The zero-order valence-electron chi connectivity index (χ0n) is 13.1. The van der Waals surface area contributed by atoms with Gasteiger partial charge in [0.1, 0.15) is 18.5 Å². The standard InChI is InChI=1S/C17H27NO3/c1-3-10-18-16-9-8-15-14(16)6-5-7-17(15)21-12-13(19)11-20-4-2/h5-7,13,16,18-19H,3-4,8-12H2,1-2H3. The molecule has 1 aliphatic rings. The van der Waals surface area contributed by atoms with Crippen LogP contribution < -0.4 is 10.1 Å². The first-order chi connectivity index (χ1) is 10.3. The molecule has 21 heavy (non-hydrogen) atoms. The summed E-state index contributed by atoms with van der Waals surface area (Å²) in [7, 11) is 0. The smallest absolute Gasteiger partial charge is 0.122 e. The lowest BCUT2D eigenvalue weighted by Gasteiger charge is -2.16. The molecular weight excluding hydrogens is 266 g/mol. The van der Waals surface area contributed by atoms with Gasteiger partial charge in [-0.1, -0.05) is 19.1 Å². The third kappa shape index (κ3) is 4.43. The van der Waals surface area contributed by atoms with Crippen molar-refractivity contribution >= 4 is 0 Å². The Bertz CT molecular complexity index is 436. The van der Waals surface area contributed by atoms with E-state index in [1.807, 2.05) is 19.1 Å². The van der Waals surface area contributed by atoms with Crippen LogP contribution in [0.3, 0.4) is 0 Å². The highest BCUT2D eigenvalue weighted by atomic mass is 16.5. The molecule has 2 atom stereocenters. The van der Waals surface area contributed by atoms with Crippen LogP contribution in [0.1, 0.15) is 43.9 Å². The van der Waals surface area contributed by atoms with Crippen molar-refractivity contribution in [2.45, 2.75) is 45.3 Å². The van der Waals surface area contributed by atoms with Crippen LogP contribution in [0.15, 0.2) is 18.2 Å². The molecule has 0 fully saturated rings. The maximum absolute atomic E-state index is 9.80. The van der Waals surface area contributed by atoms with Gasteiger partial charge in [0.05, 0.1) is 6.61 Å². The van der Waals surface area contributed by atoms with E-state index in [1.54, 1.807) is 0 Å². The Morgan fingerprint density at radius 2 is 2.19 bits per heavy atom. The van der Waals surface area contributed by atoms with Gasteiger partial charge in [-0.25, -0.2) is 0 Å². The Hall–Kier alpha value is -1.10. The summed E-state index contributed by atoms with van der Waals surface area (Å²) in [5.74, 6) is 0.906. The average Bonchev–Trinajstić information content (AvgIpc) is 2.92. The maximum atomic E-state index is 9.80. The SMILES string of the molecule is CCCNC1CCc2c(OCC(O)COCC)cccc21.